The van der Waals surface area contributed by atoms with E-state index >= 15 is 0 Å². The normalized spacial score (nSPS) is 27.0. The highest BCUT2D eigenvalue weighted by Crippen LogP contribution is 2.33. The summed E-state index contributed by atoms with van der Waals surface area (Å²) in [7, 11) is 0. The van der Waals surface area contributed by atoms with Crippen molar-refractivity contribution in [2.75, 3.05) is 6.61 Å². The van der Waals surface area contributed by atoms with Gasteiger partial charge in [0.15, 0.2) is 0 Å². The van der Waals surface area contributed by atoms with E-state index < -0.39 is 0 Å². The molecule has 0 saturated carbocycles. The molecule has 2 fully saturated rings. The maximum absolute atomic E-state index is 10.6. The second-order valence-electron chi connectivity index (χ2n) is 9.50. The van der Waals surface area contributed by atoms with E-state index in [1.165, 1.54) is 50.5 Å². The van der Waals surface area contributed by atoms with Crippen molar-refractivity contribution in [3.63, 3.8) is 0 Å². The maximum Gasteiger partial charge on any atom is 0.0842 e. The molecule has 1 N–H and O–H groups in total. The van der Waals surface area contributed by atoms with E-state index in [0.29, 0.717) is 13.2 Å². The van der Waals surface area contributed by atoms with E-state index in [0.717, 1.165) is 38.5 Å². The minimum Gasteiger partial charge on any atom is -0.390 e. The highest BCUT2D eigenvalue weighted by atomic mass is 16.6. The van der Waals surface area contributed by atoms with Gasteiger partial charge in [0.05, 0.1) is 43.7 Å². The minimum atomic E-state index is -0.323. The minimum absolute atomic E-state index is 0.00784. The fraction of sp³-hybridized carbons (Fsp3) is 0.778. The molecule has 0 spiro atoms. The first-order valence-corrected chi connectivity index (χ1v) is 12.9. The van der Waals surface area contributed by atoms with Crippen LogP contribution in [0.15, 0.2) is 30.3 Å². The van der Waals surface area contributed by atoms with Crippen LogP contribution in [0.3, 0.4) is 0 Å². The molecule has 3 rings (SSSR count). The van der Waals surface area contributed by atoms with Crippen molar-refractivity contribution in [3.05, 3.63) is 35.9 Å². The van der Waals surface area contributed by atoms with E-state index in [9.17, 15) is 5.11 Å². The van der Waals surface area contributed by atoms with Gasteiger partial charge in [-0.1, -0.05) is 88.6 Å². The van der Waals surface area contributed by atoms with Gasteiger partial charge < -0.3 is 19.3 Å². The Labute approximate surface area is 189 Å². The largest absolute Gasteiger partial charge is 0.390 e. The molecule has 0 amide bonds. The standard InChI is InChI=1S/C27H44O4/c1-2-3-4-5-6-7-8-12-15-24(28)25-18-19-27(31-25)26-17-16-23(30-26)21-29-20-22-13-10-9-11-14-22/h9-11,13-14,23-28H,2-8,12,15-21H2,1H3/t23-,24+,25-,26+,27+/m1/s1. The SMILES string of the molecule is CCCCCCCCCC[C@H](O)[C@H]1CC[C@@H]([C@@H]2CC[C@H](COCc3ccccc3)O2)O1. The molecule has 1 aromatic rings. The summed E-state index contributed by atoms with van der Waals surface area (Å²) in [6.45, 7) is 3.54. The summed E-state index contributed by atoms with van der Waals surface area (Å²) in [4.78, 5) is 0. The molecule has 2 aliphatic heterocycles. The van der Waals surface area contributed by atoms with Crippen LogP contribution < -0.4 is 0 Å². The van der Waals surface area contributed by atoms with E-state index in [1.54, 1.807) is 0 Å². The molecule has 4 heteroatoms. The predicted octanol–water partition coefficient (Wildman–Crippen LogP) is 6.19. The maximum atomic E-state index is 10.6. The summed E-state index contributed by atoms with van der Waals surface area (Å²) < 4.78 is 18.3. The number of hydrogen-bond acceptors (Lipinski definition) is 4. The Bertz CT molecular complexity index is 578. The lowest BCUT2D eigenvalue weighted by Gasteiger charge is -2.23. The van der Waals surface area contributed by atoms with Crippen LogP contribution in [0, 0.1) is 0 Å². The van der Waals surface area contributed by atoms with Crippen molar-refractivity contribution < 1.29 is 19.3 Å². The zero-order valence-corrected chi connectivity index (χ0v) is 19.6. The van der Waals surface area contributed by atoms with Gasteiger partial charge in [-0.3, -0.25) is 0 Å². The van der Waals surface area contributed by atoms with Gasteiger partial charge in [0.25, 0.3) is 0 Å². The molecule has 176 valence electrons. The van der Waals surface area contributed by atoms with Crippen molar-refractivity contribution in [2.45, 2.75) is 128 Å². The predicted molar refractivity (Wildman–Crippen MR) is 125 cm³/mol. The summed E-state index contributed by atoms with van der Waals surface area (Å²) in [6, 6.07) is 10.3. The Kier molecular flexibility index (Phi) is 11.4. The number of rotatable bonds is 15. The van der Waals surface area contributed by atoms with E-state index in [-0.39, 0.29) is 30.5 Å². The van der Waals surface area contributed by atoms with Crippen molar-refractivity contribution in [1.29, 1.82) is 0 Å². The third kappa shape index (κ3) is 8.84. The Morgan fingerprint density at radius 3 is 2.32 bits per heavy atom. The molecule has 0 aromatic heterocycles. The molecule has 2 aliphatic rings. The number of hydrogen-bond donors (Lipinski definition) is 1. The molecular weight excluding hydrogens is 388 g/mol. The van der Waals surface area contributed by atoms with Crippen LogP contribution >= 0.6 is 0 Å². The van der Waals surface area contributed by atoms with Crippen LogP contribution in [0.4, 0.5) is 0 Å². The van der Waals surface area contributed by atoms with E-state index in [4.69, 9.17) is 14.2 Å². The third-order valence-corrected chi connectivity index (χ3v) is 6.84. The summed E-state index contributed by atoms with van der Waals surface area (Å²) >= 11 is 0. The third-order valence-electron chi connectivity index (χ3n) is 6.84. The quantitative estimate of drug-likeness (QED) is 0.336. The van der Waals surface area contributed by atoms with Crippen LogP contribution in [0.5, 0.6) is 0 Å². The summed E-state index contributed by atoms with van der Waals surface area (Å²) in [6.07, 6.45) is 15.4. The monoisotopic (exact) mass is 432 g/mol. The molecule has 5 atom stereocenters. The number of aliphatic hydroxyl groups excluding tert-OH is 1. The highest BCUT2D eigenvalue weighted by Gasteiger charge is 2.39. The van der Waals surface area contributed by atoms with E-state index in [2.05, 4.69) is 19.1 Å². The average molecular weight is 433 g/mol. The number of aliphatic hydroxyl groups is 1. The molecule has 31 heavy (non-hydrogen) atoms. The Hall–Kier alpha value is -0.940. The van der Waals surface area contributed by atoms with Crippen molar-refractivity contribution >= 4 is 0 Å². The number of ether oxygens (including phenoxy) is 3. The fourth-order valence-electron chi connectivity index (χ4n) is 4.93. The lowest BCUT2D eigenvalue weighted by Crippen LogP contribution is -2.31. The molecule has 0 unspecified atom stereocenters. The van der Waals surface area contributed by atoms with Crippen LogP contribution in [-0.4, -0.2) is 42.2 Å². The van der Waals surface area contributed by atoms with Crippen molar-refractivity contribution in [1.82, 2.24) is 0 Å². The number of benzene rings is 1. The van der Waals surface area contributed by atoms with Gasteiger partial charge in [-0.2, -0.15) is 0 Å². The Balaban J connectivity index is 1.24. The first kappa shape index (κ1) is 24.7. The summed E-state index contributed by atoms with van der Waals surface area (Å²) in [5.41, 5.74) is 1.20. The first-order valence-electron chi connectivity index (χ1n) is 12.9. The summed E-state index contributed by atoms with van der Waals surface area (Å²) in [5.74, 6) is 0. The molecule has 0 aliphatic carbocycles. The van der Waals surface area contributed by atoms with E-state index in [1.807, 2.05) is 18.2 Å². The van der Waals surface area contributed by atoms with Gasteiger partial charge in [0.2, 0.25) is 0 Å². The second kappa shape index (κ2) is 14.3. The molecule has 2 saturated heterocycles. The zero-order chi connectivity index (χ0) is 21.7. The van der Waals surface area contributed by atoms with Crippen molar-refractivity contribution in [2.24, 2.45) is 0 Å². The van der Waals surface area contributed by atoms with Crippen LogP contribution in [-0.2, 0) is 20.8 Å². The Morgan fingerprint density at radius 2 is 1.55 bits per heavy atom. The van der Waals surface area contributed by atoms with Gasteiger partial charge in [-0.05, 0) is 37.7 Å². The fourth-order valence-corrected chi connectivity index (χ4v) is 4.93. The molecular formula is C27H44O4. The molecule has 4 nitrogen and oxygen atoms in total. The first-order chi connectivity index (χ1) is 15.3. The lowest BCUT2D eigenvalue weighted by atomic mass is 10.0. The highest BCUT2D eigenvalue weighted by molar-refractivity contribution is 5.13. The zero-order valence-electron chi connectivity index (χ0n) is 19.6. The van der Waals surface area contributed by atoms with Gasteiger partial charge in [0.1, 0.15) is 0 Å². The van der Waals surface area contributed by atoms with Gasteiger partial charge in [-0.25, -0.2) is 0 Å². The second-order valence-corrected chi connectivity index (χ2v) is 9.50. The van der Waals surface area contributed by atoms with Gasteiger partial charge in [-0.15, -0.1) is 0 Å². The summed E-state index contributed by atoms with van der Waals surface area (Å²) in [5, 5.41) is 10.6. The molecule has 0 bridgehead atoms. The van der Waals surface area contributed by atoms with Gasteiger partial charge in [0, 0.05) is 0 Å². The lowest BCUT2D eigenvalue weighted by molar-refractivity contribution is -0.103. The van der Waals surface area contributed by atoms with Gasteiger partial charge >= 0.3 is 0 Å². The Morgan fingerprint density at radius 1 is 0.871 bits per heavy atom. The smallest absolute Gasteiger partial charge is 0.0842 e. The average Bonchev–Trinajstić information content (AvgIpc) is 3.46. The molecule has 2 heterocycles. The molecule has 0 radical (unpaired) electrons. The van der Waals surface area contributed by atoms with Crippen LogP contribution in [0.1, 0.15) is 96.0 Å². The number of unbranched alkanes of at least 4 members (excludes halogenated alkanes) is 7. The van der Waals surface area contributed by atoms with Crippen LogP contribution in [0.2, 0.25) is 0 Å². The van der Waals surface area contributed by atoms with Crippen LogP contribution in [0.25, 0.3) is 0 Å². The van der Waals surface area contributed by atoms with Crippen molar-refractivity contribution in [3.8, 4) is 0 Å². The topological polar surface area (TPSA) is 47.9 Å². The molecule has 1 aromatic carbocycles.